The molecular weight excluding hydrogens is 438 g/mol. The Kier molecular flexibility index (Phi) is 11.0. The zero-order valence-corrected chi connectivity index (χ0v) is 15.9. The fourth-order valence-corrected chi connectivity index (χ4v) is 1.79. The predicted molar refractivity (Wildman–Crippen MR) is 97.4 cm³/mol. The molecule has 0 spiro atoms. The van der Waals surface area contributed by atoms with Crippen molar-refractivity contribution in [2.45, 2.75) is 32.3 Å². The molecule has 3 N–H and O–H groups in total. The van der Waals surface area contributed by atoms with Gasteiger partial charge in [0.2, 0.25) is 0 Å². The predicted octanol–water partition coefficient (Wildman–Crippen LogP) is 2.82. The van der Waals surface area contributed by atoms with Crippen LogP contribution < -0.4 is 11.1 Å². The fourth-order valence-electron chi connectivity index (χ4n) is 1.79. The highest BCUT2D eigenvalue weighted by Gasteiger charge is 2.27. The first-order valence-corrected chi connectivity index (χ1v) is 7.08. The molecule has 0 saturated carbocycles. The fraction of sp³-hybridized carbons (Fsp3) is 0.533. The molecular formula is C15H23F3IN3O2. The third-order valence-corrected chi connectivity index (χ3v) is 2.80. The molecule has 9 heteroatoms. The van der Waals surface area contributed by atoms with E-state index in [2.05, 4.69) is 15.0 Å². The summed E-state index contributed by atoms with van der Waals surface area (Å²) in [7, 11) is 1.60. The van der Waals surface area contributed by atoms with Gasteiger partial charge in [0, 0.05) is 13.2 Å². The van der Waals surface area contributed by atoms with Gasteiger partial charge in [0.05, 0.1) is 19.8 Å². The maximum absolute atomic E-state index is 12.0. The van der Waals surface area contributed by atoms with Crippen molar-refractivity contribution in [3.63, 3.8) is 0 Å². The number of methoxy groups -OCH3 is 1. The molecule has 1 aromatic rings. The number of ether oxygens (including phenoxy) is 2. The molecule has 1 rings (SSSR count). The van der Waals surface area contributed by atoms with Gasteiger partial charge in [0.15, 0.2) is 5.96 Å². The van der Waals surface area contributed by atoms with E-state index < -0.39 is 12.8 Å². The van der Waals surface area contributed by atoms with Crippen molar-refractivity contribution in [2.75, 3.05) is 20.3 Å². The van der Waals surface area contributed by atoms with Gasteiger partial charge < -0.3 is 20.5 Å². The Morgan fingerprint density at radius 1 is 1.25 bits per heavy atom. The van der Waals surface area contributed by atoms with Gasteiger partial charge in [-0.15, -0.1) is 24.0 Å². The van der Waals surface area contributed by atoms with E-state index in [4.69, 9.17) is 10.5 Å². The molecule has 0 aliphatic rings. The normalized spacial score (nSPS) is 13.3. The van der Waals surface area contributed by atoms with Crippen LogP contribution in [0.3, 0.4) is 0 Å². The van der Waals surface area contributed by atoms with Crippen molar-refractivity contribution in [3.8, 4) is 0 Å². The summed E-state index contributed by atoms with van der Waals surface area (Å²) in [6.07, 6.45) is -4.31. The summed E-state index contributed by atoms with van der Waals surface area (Å²) >= 11 is 0. The summed E-state index contributed by atoms with van der Waals surface area (Å²) < 4.78 is 45.5. The third kappa shape index (κ3) is 10.7. The summed E-state index contributed by atoms with van der Waals surface area (Å²) in [5.74, 6) is 0.312. The molecule has 0 amide bonds. The molecule has 5 nitrogen and oxygen atoms in total. The smallest absolute Gasteiger partial charge is 0.383 e. The number of aliphatic imine (C=N–C) groups is 1. The number of nitrogens with two attached hydrogens (primary N) is 1. The quantitative estimate of drug-likeness (QED) is 0.355. The highest BCUT2D eigenvalue weighted by Crippen LogP contribution is 2.15. The number of nitrogens with one attached hydrogen (secondary N) is 1. The molecule has 1 unspecified atom stereocenters. The molecule has 0 heterocycles. The lowest BCUT2D eigenvalue weighted by molar-refractivity contribution is -0.176. The largest absolute Gasteiger partial charge is 0.411 e. The summed E-state index contributed by atoms with van der Waals surface area (Å²) in [5, 5.41) is 2.98. The van der Waals surface area contributed by atoms with E-state index in [1.54, 1.807) is 31.4 Å². The van der Waals surface area contributed by atoms with E-state index in [0.717, 1.165) is 5.56 Å². The minimum Gasteiger partial charge on any atom is -0.383 e. The zero-order valence-electron chi connectivity index (χ0n) is 13.6. The van der Waals surface area contributed by atoms with Crippen LogP contribution in [0.2, 0.25) is 0 Å². The van der Waals surface area contributed by atoms with E-state index in [1.165, 1.54) is 0 Å². The molecule has 0 bridgehead atoms. The van der Waals surface area contributed by atoms with Crippen molar-refractivity contribution in [1.29, 1.82) is 0 Å². The van der Waals surface area contributed by atoms with Crippen molar-refractivity contribution >= 4 is 29.9 Å². The van der Waals surface area contributed by atoms with Gasteiger partial charge in [-0.05, 0) is 18.1 Å². The van der Waals surface area contributed by atoms with Crippen LogP contribution in [-0.2, 0) is 22.6 Å². The molecule has 138 valence electrons. The van der Waals surface area contributed by atoms with Crippen LogP contribution in [0.15, 0.2) is 29.3 Å². The molecule has 1 aromatic carbocycles. The van der Waals surface area contributed by atoms with Crippen molar-refractivity contribution < 1.29 is 22.6 Å². The van der Waals surface area contributed by atoms with Crippen molar-refractivity contribution in [2.24, 2.45) is 10.7 Å². The number of halogens is 4. The van der Waals surface area contributed by atoms with E-state index in [1.807, 2.05) is 6.92 Å². The van der Waals surface area contributed by atoms with Crippen LogP contribution in [0.25, 0.3) is 0 Å². The first-order chi connectivity index (χ1) is 10.8. The summed E-state index contributed by atoms with van der Waals surface area (Å²) in [4.78, 5) is 4.19. The first-order valence-electron chi connectivity index (χ1n) is 7.08. The third-order valence-electron chi connectivity index (χ3n) is 2.80. The van der Waals surface area contributed by atoms with Crippen LogP contribution in [-0.4, -0.2) is 38.5 Å². The molecule has 1 atom stereocenters. The second-order valence-electron chi connectivity index (χ2n) is 5.13. The van der Waals surface area contributed by atoms with Crippen LogP contribution in [0.4, 0.5) is 13.2 Å². The Hall–Kier alpha value is -1.07. The van der Waals surface area contributed by atoms with Crippen LogP contribution >= 0.6 is 24.0 Å². The zero-order chi connectivity index (χ0) is 17.3. The van der Waals surface area contributed by atoms with Gasteiger partial charge >= 0.3 is 6.18 Å². The molecule has 0 aliphatic heterocycles. The van der Waals surface area contributed by atoms with Gasteiger partial charge in [-0.3, -0.25) is 0 Å². The lowest BCUT2D eigenvalue weighted by atomic mass is 10.1. The Balaban J connectivity index is 0.00000529. The van der Waals surface area contributed by atoms with E-state index >= 15 is 0 Å². The van der Waals surface area contributed by atoms with E-state index in [9.17, 15) is 13.2 Å². The SMILES string of the molecule is COCC(C)NC(N)=NCc1ccc(COCC(F)(F)F)cc1.I. The lowest BCUT2D eigenvalue weighted by Gasteiger charge is -2.13. The molecule has 0 radical (unpaired) electrons. The van der Waals surface area contributed by atoms with Crippen molar-refractivity contribution in [1.82, 2.24) is 5.32 Å². The van der Waals surface area contributed by atoms with Gasteiger partial charge in [0.1, 0.15) is 6.61 Å². The summed E-state index contributed by atoms with van der Waals surface area (Å²) in [6, 6.07) is 7.02. The summed E-state index contributed by atoms with van der Waals surface area (Å²) in [6.45, 7) is 1.48. The first kappa shape index (κ1) is 22.9. The van der Waals surface area contributed by atoms with Crippen LogP contribution in [0, 0.1) is 0 Å². The maximum atomic E-state index is 12.0. The Bertz CT molecular complexity index is 496. The van der Waals surface area contributed by atoms with E-state index in [0.29, 0.717) is 24.7 Å². The van der Waals surface area contributed by atoms with Gasteiger partial charge in [0.25, 0.3) is 0 Å². The van der Waals surface area contributed by atoms with Crippen LogP contribution in [0.1, 0.15) is 18.1 Å². The minimum atomic E-state index is -4.31. The average Bonchev–Trinajstić information content (AvgIpc) is 2.45. The lowest BCUT2D eigenvalue weighted by Crippen LogP contribution is -2.40. The highest BCUT2D eigenvalue weighted by atomic mass is 127. The number of benzene rings is 1. The highest BCUT2D eigenvalue weighted by molar-refractivity contribution is 14.0. The van der Waals surface area contributed by atoms with Crippen molar-refractivity contribution in [3.05, 3.63) is 35.4 Å². The molecule has 24 heavy (non-hydrogen) atoms. The molecule has 0 saturated heterocycles. The van der Waals surface area contributed by atoms with Gasteiger partial charge in [-0.25, -0.2) is 4.99 Å². The molecule has 0 aromatic heterocycles. The standard InChI is InChI=1S/C15H22F3N3O2.HI/c1-11(8-22-2)21-14(19)20-7-12-3-5-13(6-4-12)9-23-10-15(16,17)18;/h3-6,11H,7-10H2,1-2H3,(H3,19,20,21);1H. The monoisotopic (exact) mass is 461 g/mol. The Morgan fingerprint density at radius 3 is 2.38 bits per heavy atom. The topological polar surface area (TPSA) is 68.9 Å². The minimum absolute atomic E-state index is 0. The van der Waals surface area contributed by atoms with Gasteiger partial charge in [-0.2, -0.15) is 13.2 Å². The Labute approximate surface area is 156 Å². The summed E-state index contributed by atoms with van der Waals surface area (Å²) in [5.41, 5.74) is 7.31. The Morgan fingerprint density at radius 2 is 1.83 bits per heavy atom. The second kappa shape index (κ2) is 11.5. The van der Waals surface area contributed by atoms with Crippen LogP contribution in [0.5, 0.6) is 0 Å². The number of alkyl halides is 3. The maximum Gasteiger partial charge on any atom is 0.411 e. The number of hydrogen-bond acceptors (Lipinski definition) is 3. The number of rotatable bonds is 8. The second-order valence-corrected chi connectivity index (χ2v) is 5.13. The van der Waals surface area contributed by atoms with E-state index in [-0.39, 0.29) is 36.6 Å². The van der Waals surface area contributed by atoms with Gasteiger partial charge in [-0.1, -0.05) is 24.3 Å². The number of nitrogens with zero attached hydrogens (tertiary/aromatic N) is 1. The number of hydrogen-bond donors (Lipinski definition) is 2. The number of guanidine groups is 1. The molecule has 0 aliphatic carbocycles. The average molecular weight is 461 g/mol. The molecule has 0 fully saturated rings.